The van der Waals surface area contributed by atoms with Gasteiger partial charge in [-0.3, -0.25) is 33.9 Å². The Bertz CT molecular complexity index is 3080. The van der Waals surface area contributed by atoms with E-state index >= 15 is 0 Å². The molecule has 1 saturated heterocycles. The summed E-state index contributed by atoms with van der Waals surface area (Å²) in [6.07, 6.45) is 6.39. The number of nitrogens with one attached hydrogen (secondary N) is 2. The zero-order chi connectivity index (χ0) is 51.0. The standard InChI is InChI=1S/C54H60ClN11O4S2/c1-28(2)48(53(69)65-26-29(3)19-45(65)52(68)60-31(5)35-9-11-37(12-10-35)50-32(6)59-27-71-50)58-25-38(24-56)43-22-41(17-18-57-43)70-42-20-40(21-42)61-46(67)23-44-51-64-63-34(8)66(51)54-47(30(4)33(7)72-54)49(62-44)36-13-15-39(55)16-14-36/h9-18,22,24-25,27-29,31,40,42,44-45,48H,19-21,23,26,56H2,1-8H3,(H,60,68)(H,61,67)/t29-,31+,40?,42?,44+,45+,48-/m1/s1. The van der Waals surface area contributed by atoms with Crippen molar-refractivity contribution in [2.24, 2.45) is 27.6 Å². The highest BCUT2D eigenvalue weighted by Crippen LogP contribution is 2.40. The monoisotopic (exact) mass is 1030 g/mol. The lowest BCUT2D eigenvalue weighted by Crippen LogP contribution is -2.50. The summed E-state index contributed by atoms with van der Waals surface area (Å²) in [4.78, 5) is 64.9. The summed E-state index contributed by atoms with van der Waals surface area (Å²) in [7, 11) is 0. The number of hydrogen-bond acceptors (Lipinski definition) is 13. The molecule has 2 aromatic carbocycles. The number of amides is 3. The summed E-state index contributed by atoms with van der Waals surface area (Å²) < 4.78 is 8.41. The van der Waals surface area contributed by atoms with Gasteiger partial charge < -0.3 is 26.0 Å². The van der Waals surface area contributed by atoms with Gasteiger partial charge >= 0.3 is 0 Å². The zero-order valence-corrected chi connectivity index (χ0v) is 44.1. The quantitative estimate of drug-likeness (QED) is 0.0841. The summed E-state index contributed by atoms with van der Waals surface area (Å²) >= 11 is 9.56. The lowest BCUT2D eigenvalue weighted by Gasteiger charge is -2.36. The fraction of sp³-hybridized carbons (Fsp3) is 0.389. The van der Waals surface area contributed by atoms with Crippen LogP contribution in [0.4, 0.5) is 0 Å². The van der Waals surface area contributed by atoms with Gasteiger partial charge in [0, 0.05) is 76.7 Å². The molecule has 6 heterocycles. The van der Waals surface area contributed by atoms with Crippen LogP contribution in [0.5, 0.6) is 5.75 Å². The summed E-state index contributed by atoms with van der Waals surface area (Å²) in [6, 6.07) is 17.1. The largest absolute Gasteiger partial charge is 0.490 e. The number of benzene rings is 2. The van der Waals surface area contributed by atoms with Gasteiger partial charge in [0.25, 0.3) is 0 Å². The summed E-state index contributed by atoms with van der Waals surface area (Å²) in [5.41, 5.74) is 15.9. The number of thiazole rings is 1. The number of carbonyl (C=O) groups excluding carboxylic acids is 3. The fourth-order valence-corrected chi connectivity index (χ4v) is 11.8. The Morgan fingerprint density at radius 3 is 2.40 bits per heavy atom. The number of hydrogen-bond donors (Lipinski definition) is 3. The van der Waals surface area contributed by atoms with Crippen LogP contribution in [0, 0.1) is 39.5 Å². The summed E-state index contributed by atoms with van der Waals surface area (Å²) in [6.45, 7) is 16.5. The lowest BCUT2D eigenvalue weighted by atomic mass is 9.89. The molecule has 4 N–H and O–H groups in total. The van der Waals surface area contributed by atoms with Gasteiger partial charge in [0.2, 0.25) is 17.7 Å². The minimum Gasteiger partial charge on any atom is -0.490 e. The van der Waals surface area contributed by atoms with E-state index in [0.29, 0.717) is 53.7 Å². The molecular formula is C54H60ClN11O4S2. The zero-order valence-electron chi connectivity index (χ0n) is 41.7. The molecule has 1 saturated carbocycles. The molecule has 0 radical (unpaired) electrons. The van der Waals surface area contributed by atoms with Gasteiger partial charge in [-0.2, -0.15) is 0 Å². The first kappa shape index (κ1) is 50.4. The third-order valence-electron chi connectivity index (χ3n) is 13.8. The van der Waals surface area contributed by atoms with Crippen molar-refractivity contribution >= 4 is 69.5 Å². The van der Waals surface area contributed by atoms with Crippen molar-refractivity contribution in [3.05, 3.63) is 134 Å². The van der Waals surface area contributed by atoms with E-state index < -0.39 is 18.1 Å². The average Bonchev–Trinajstić information content (AvgIpc) is 4.12. The van der Waals surface area contributed by atoms with Gasteiger partial charge in [-0.05, 0) is 87.8 Å². The number of aromatic nitrogens is 5. The van der Waals surface area contributed by atoms with E-state index in [4.69, 9.17) is 32.1 Å². The lowest BCUT2D eigenvalue weighted by molar-refractivity contribution is -0.140. The molecule has 3 amide bonds. The Hall–Kier alpha value is -6.56. The van der Waals surface area contributed by atoms with E-state index in [1.807, 2.05) is 81.1 Å². The molecule has 9 rings (SSSR count). The van der Waals surface area contributed by atoms with E-state index in [0.717, 1.165) is 54.9 Å². The third kappa shape index (κ3) is 10.5. The van der Waals surface area contributed by atoms with Gasteiger partial charge in [-0.25, -0.2) is 4.98 Å². The molecule has 72 heavy (non-hydrogen) atoms. The van der Waals surface area contributed by atoms with Crippen LogP contribution in [0.2, 0.25) is 5.02 Å². The number of aryl methyl sites for hydroxylation is 3. The molecule has 4 aromatic heterocycles. The number of aliphatic imine (C=N–C) groups is 2. The van der Waals surface area contributed by atoms with Crippen LogP contribution in [0.25, 0.3) is 21.0 Å². The first-order valence-corrected chi connectivity index (χ1v) is 26.5. The van der Waals surface area contributed by atoms with Crippen molar-refractivity contribution in [1.82, 2.24) is 40.3 Å². The predicted octanol–water partition coefficient (Wildman–Crippen LogP) is 9.25. The molecule has 0 unspecified atom stereocenters. The van der Waals surface area contributed by atoms with Crippen molar-refractivity contribution in [2.75, 3.05) is 6.54 Å². The number of thiophene rings is 1. The van der Waals surface area contributed by atoms with Crippen molar-refractivity contribution in [3.8, 4) is 21.2 Å². The Morgan fingerprint density at radius 2 is 1.71 bits per heavy atom. The third-order valence-corrected chi connectivity index (χ3v) is 16.3. The highest BCUT2D eigenvalue weighted by molar-refractivity contribution is 7.15. The number of halogens is 1. The molecule has 374 valence electrons. The highest BCUT2D eigenvalue weighted by atomic mass is 35.5. The minimum absolute atomic E-state index is 0.0816. The number of rotatable bonds is 15. The maximum atomic E-state index is 14.3. The molecule has 3 aliphatic rings. The summed E-state index contributed by atoms with van der Waals surface area (Å²) in [5.74, 6) is 1.39. The molecular weight excluding hydrogens is 966 g/mol. The van der Waals surface area contributed by atoms with E-state index in [1.165, 1.54) is 11.1 Å². The second-order valence-corrected chi connectivity index (χ2v) is 22.0. The van der Waals surface area contributed by atoms with E-state index in [2.05, 4.69) is 63.7 Å². The van der Waals surface area contributed by atoms with E-state index in [1.54, 1.807) is 52.1 Å². The smallest absolute Gasteiger partial charge is 0.248 e. The number of fused-ring (bicyclic) bond motifs is 3. The van der Waals surface area contributed by atoms with Crippen molar-refractivity contribution in [2.45, 2.75) is 117 Å². The Kier molecular flexibility index (Phi) is 14.9. The highest BCUT2D eigenvalue weighted by Gasteiger charge is 2.41. The molecule has 1 aliphatic carbocycles. The molecule has 5 atom stereocenters. The van der Waals surface area contributed by atoms with Crippen LogP contribution in [0.3, 0.4) is 0 Å². The second-order valence-electron chi connectivity index (χ2n) is 19.5. The number of nitrogens with two attached hydrogens (primary N) is 1. The SMILES string of the molecule is Cc1ncsc1-c1ccc([C@H](C)NC(=O)[C@@H]2C[C@@H](C)CN2C(=O)[C@H](N=CC(=CN)c2cc(OC3CC(NC(=O)C[C@@H]4N=C(c5ccc(Cl)cc5)c5c(sc(C)c5C)-n5c(C)nnc54)C3)ccn2)C(C)C)cc1. The summed E-state index contributed by atoms with van der Waals surface area (Å²) in [5, 5.41) is 17.0. The first-order valence-electron chi connectivity index (χ1n) is 24.4. The topological polar surface area (TPSA) is 195 Å². The molecule has 0 spiro atoms. The average molecular weight is 1030 g/mol. The van der Waals surface area contributed by atoms with Crippen molar-refractivity contribution in [3.63, 3.8) is 0 Å². The molecule has 0 bridgehead atoms. The van der Waals surface area contributed by atoms with Crippen LogP contribution in [0.1, 0.15) is 116 Å². The van der Waals surface area contributed by atoms with Crippen LogP contribution < -0.4 is 21.1 Å². The molecule has 2 fully saturated rings. The van der Waals surface area contributed by atoms with Gasteiger partial charge in [-0.15, -0.1) is 32.9 Å². The van der Waals surface area contributed by atoms with Gasteiger partial charge in [0.15, 0.2) is 5.82 Å². The fourth-order valence-electron chi connectivity index (χ4n) is 9.69. The number of likely N-dealkylation sites (tertiary alicyclic amines) is 1. The van der Waals surface area contributed by atoms with Crippen LogP contribution >= 0.6 is 34.3 Å². The van der Waals surface area contributed by atoms with Crippen molar-refractivity contribution in [1.29, 1.82) is 0 Å². The molecule has 15 nitrogen and oxygen atoms in total. The van der Waals surface area contributed by atoms with Crippen molar-refractivity contribution < 1.29 is 19.1 Å². The van der Waals surface area contributed by atoms with Gasteiger partial charge in [0.1, 0.15) is 40.8 Å². The Morgan fingerprint density at radius 1 is 0.972 bits per heavy atom. The molecule has 6 aromatic rings. The second kappa shape index (κ2) is 21.3. The maximum absolute atomic E-state index is 14.3. The number of pyridine rings is 1. The predicted molar refractivity (Wildman–Crippen MR) is 285 cm³/mol. The Labute approximate surface area is 433 Å². The minimum atomic E-state index is -0.758. The molecule has 18 heteroatoms. The van der Waals surface area contributed by atoms with Crippen LogP contribution in [0.15, 0.2) is 88.6 Å². The number of nitrogens with zero attached hydrogens (tertiary/aromatic N) is 8. The van der Waals surface area contributed by atoms with Gasteiger partial charge in [-0.1, -0.05) is 68.8 Å². The van der Waals surface area contributed by atoms with Gasteiger partial charge in [0.05, 0.1) is 39.9 Å². The number of allylic oxidation sites excluding steroid dienone is 1. The molecule has 2 aliphatic heterocycles. The van der Waals surface area contributed by atoms with Crippen LogP contribution in [-0.2, 0) is 14.4 Å². The Balaban J connectivity index is 0.807. The number of carbonyl (C=O) groups is 3. The maximum Gasteiger partial charge on any atom is 0.248 e. The first-order chi connectivity index (χ1) is 34.6. The normalized spacial score (nSPS) is 20.6. The van der Waals surface area contributed by atoms with Crippen LogP contribution in [-0.4, -0.2) is 90.1 Å². The number of ether oxygens (including phenoxy) is 1. The van der Waals surface area contributed by atoms with E-state index in [9.17, 15) is 14.4 Å². The van der Waals surface area contributed by atoms with E-state index in [-0.39, 0.29) is 54.2 Å².